The molecule has 0 spiro atoms. The second-order valence-electron chi connectivity index (χ2n) is 17.6. The Morgan fingerprint density at radius 3 is 0.985 bits per heavy atom. The zero-order chi connectivity index (χ0) is 47.2. The summed E-state index contributed by atoms with van der Waals surface area (Å²) in [6, 6.07) is 0. The topological polar surface area (TPSA) is 78.9 Å². The minimum absolute atomic E-state index is 0.102. The minimum atomic E-state index is -0.803. The van der Waals surface area contributed by atoms with Crippen LogP contribution in [-0.4, -0.2) is 37.2 Å². The minimum Gasteiger partial charge on any atom is -0.462 e. The lowest BCUT2D eigenvalue weighted by atomic mass is 10.0. The molecule has 0 rings (SSSR count). The van der Waals surface area contributed by atoms with Gasteiger partial charge in [-0.25, -0.2) is 0 Å². The Hall–Kier alpha value is -3.67. The van der Waals surface area contributed by atoms with Crippen molar-refractivity contribution in [1.29, 1.82) is 0 Å². The summed E-state index contributed by atoms with van der Waals surface area (Å²) in [5, 5.41) is 0. The van der Waals surface area contributed by atoms with Crippen LogP contribution in [0.4, 0.5) is 0 Å². The molecule has 6 heteroatoms. The van der Waals surface area contributed by atoms with Crippen molar-refractivity contribution in [2.75, 3.05) is 13.2 Å². The molecule has 65 heavy (non-hydrogen) atoms. The van der Waals surface area contributed by atoms with Gasteiger partial charge in [0.1, 0.15) is 13.2 Å². The van der Waals surface area contributed by atoms with Crippen molar-refractivity contribution in [2.45, 2.75) is 245 Å². The first-order valence-electron chi connectivity index (χ1n) is 26.8. The Morgan fingerprint density at radius 2 is 0.600 bits per heavy atom. The van der Waals surface area contributed by atoms with E-state index in [1.54, 1.807) is 0 Å². The highest BCUT2D eigenvalue weighted by Gasteiger charge is 2.19. The fourth-order valence-electron chi connectivity index (χ4n) is 7.23. The van der Waals surface area contributed by atoms with Gasteiger partial charge in [-0.1, -0.05) is 253 Å². The van der Waals surface area contributed by atoms with Crippen molar-refractivity contribution in [3.05, 3.63) is 97.2 Å². The molecule has 0 aromatic carbocycles. The van der Waals surface area contributed by atoms with Crippen molar-refractivity contribution in [3.63, 3.8) is 0 Å². The van der Waals surface area contributed by atoms with Gasteiger partial charge in [0, 0.05) is 19.3 Å². The van der Waals surface area contributed by atoms with Gasteiger partial charge in [0.15, 0.2) is 6.10 Å². The maximum atomic E-state index is 12.8. The van der Waals surface area contributed by atoms with Gasteiger partial charge < -0.3 is 14.2 Å². The molecule has 0 radical (unpaired) electrons. The third kappa shape index (κ3) is 51.2. The van der Waals surface area contributed by atoms with E-state index in [1.807, 2.05) is 36.5 Å². The molecule has 1 unspecified atom stereocenters. The highest BCUT2D eigenvalue weighted by atomic mass is 16.6. The van der Waals surface area contributed by atoms with Gasteiger partial charge in [0.05, 0.1) is 0 Å². The van der Waals surface area contributed by atoms with E-state index in [2.05, 4.69) is 81.5 Å². The molecular formula is C59H98O6. The van der Waals surface area contributed by atoms with Gasteiger partial charge in [-0.3, -0.25) is 14.4 Å². The molecule has 0 bridgehead atoms. The van der Waals surface area contributed by atoms with Crippen LogP contribution in [0.15, 0.2) is 97.2 Å². The van der Waals surface area contributed by atoms with Crippen LogP contribution >= 0.6 is 0 Å². The van der Waals surface area contributed by atoms with E-state index in [9.17, 15) is 14.4 Å². The Kier molecular flexibility index (Phi) is 50.0. The van der Waals surface area contributed by atoms with Gasteiger partial charge in [0.25, 0.3) is 0 Å². The van der Waals surface area contributed by atoms with Gasteiger partial charge in [-0.15, -0.1) is 0 Å². The first-order valence-corrected chi connectivity index (χ1v) is 26.8. The van der Waals surface area contributed by atoms with E-state index < -0.39 is 6.10 Å². The number of esters is 3. The van der Waals surface area contributed by atoms with Crippen LogP contribution in [0.3, 0.4) is 0 Å². The van der Waals surface area contributed by atoms with Crippen molar-refractivity contribution in [2.24, 2.45) is 0 Å². The van der Waals surface area contributed by atoms with Gasteiger partial charge in [0.2, 0.25) is 0 Å². The van der Waals surface area contributed by atoms with E-state index in [0.29, 0.717) is 19.3 Å². The molecule has 0 heterocycles. The summed E-state index contributed by atoms with van der Waals surface area (Å²) in [5.74, 6) is -0.961. The summed E-state index contributed by atoms with van der Waals surface area (Å²) in [7, 11) is 0. The zero-order valence-electron chi connectivity index (χ0n) is 42.2. The molecule has 0 aromatic heterocycles. The van der Waals surface area contributed by atoms with E-state index in [4.69, 9.17) is 14.2 Å². The van der Waals surface area contributed by atoms with Crippen LogP contribution < -0.4 is 0 Å². The Balaban J connectivity index is 4.47. The first kappa shape index (κ1) is 61.3. The molecule has 0 saturated heterocycles. The molecule has 0 fully saturated rings. The average Bonchev–Trinajstić information content (AvgIpc) is 3.30. The third-order valence-corrected chi connectivity index (χ3v) is 11.3. The van der Waals surface area contributed by atoms with Crippen LogP contribution in [0.25, 0.3) is 0 Å². The van der Waals surface area contributed by atoms with E-state index >= 15 is 0 Å². The lowest BCUT2D eigenvalue weighted by Gasteiger charge is -2.18. The van der Waals surface area contributed by atoms with E-state index in [0.717, 1.165) is 96.3 Å². The molecule has 0 saturated carbocycles. The second-order valence-corrected chi connectivity index (χ2v) is 17.6. The summed E-state index contributed by atoms with van der Waals surface area (Å²) in [4.78, 5) is 38.0. The van der Waals surface area contributed by atoms with E-state index in [-0.39, 0.29) is 31.1 Å². The number of hydrogen-bond acceptors (Lipinski definition) is 6. The van der Waals surface area contributed by atoms with Crippen molar-refractivity contribution in [3.8, 4) is 0 Å². The highest BCUT2D eigenvalue weighted by molar-refractivity contribution is 5.71. The third-order valence-electron chi connectivity index (χ3n) is 11.3. The molecule has 370 valence electrons. The zero-order valence-corrected chi connectivity index (χ0v) is 42.2. The van der Waals surface area contributed by atoms with Crippen LogP contribution in [0.2, 0.25) is 0 Å². The fourth-order valence-corrected chi connectivity index (χ4v) is 7.23. The largest absolute Gasteiger partial charge is 0.462 e. The quantitative estimate of drug-likeness (QED) is 0.0262. The molecule has 0 aromatic rings. The predicted molar refractivity (Wildman–Crippen MR) is 279 cm³/mol. The Bertz CT molecular complexity index is 1310. The number of carbonyl (C=O) groups excluding carboxylic acids is 3. The Morgan fingerprint density at radius 1 is 0.323 bits per heavy atom. The molecule has 0 N–H and O–H groups in total. The normalized spacial score (nSPS) is 12.8. The van der Waals surface area contributed by atoms with Gasteiger partial charge in [-0.05, 0) is 64.2 Å². The van der Waals surface area contributed by atoms with Crippen LogP contribution in [0, 0.1) is 0 Å². The molecule has 0 aliphatic rings. The summed E-state index contributed by atoms with van der Waals surface area (Å²) < 4.78 is 16.8. The maximum absolute atomic E-state index is 12.8. The standard InChI is InChI=1S/C59H98O6/c1-4-7-10-13-16-19-22-25-27-29-30-32-34-37-40-43-46-49-52-58(61)64-55-56(54-63-57(60)51-48-45-42-39-36-33-24-21-18-15-12-9-6-3)65-59(62)53-50-47-44-41-38-35-31-28-26-23-20-17-14-11-8-5-2/h9,12,15-16,18-19,21-22,24-25,27,29-30,32-33,36,56H,4-8,10-11,13-14,17,20,23,26,28,31,34-35,37-55H2,1-3H3/b12-9+,18-15+,19-16+,24-21+,25-22+,29-27+,32-30+,36-33+. The average molecular weight is 903 g/mol. The number of carbonyl (C=O) groups is 3. The second kappa shape index (κ2) is 52.9. The first-order chi connectivity index (χ1) is 32.0. The summed E-state index contributed by atoms with van der Waals surface area (Å²) in [6.07, 6.45) is 69.6. The number of allylic oxidation sites excluding steroid dienone is 16. The predicted octanol–water partition coefficient (Wildman–Crippen LogP) is 17.8. The fraction of sp³-hybridized carbons (Fsp3) is 0.678. The molecule has 0 amide bonds. The maximum Gasteiger partial charge on any atom is 0.306 e. The molecule has 0 aliphatic heterocycles. The van der Waals surface area contributed by atoms with Crippen LogP contribution in [0.1, 0.15) is 239 Å². The van der Waals surface area contributed by atoms with Crippen LogP contribution in [-0.2, 0) is 28.6 Å². The van der Waals surface area contributed by atoms with Gasteiger partial charge in [-0.2, -0.15) is 0 Å². The lowest BCUT2D eigenvalue weighted by Crippen LogP contribution is -2.30. The molecule has 1 atom stereocenters. The number of rotatable bonds is 47. The van der Waals surface area contributed by atoms with Crippen molar-refractivity contribution < 1.29 is 28.6 Å². The van der Waals surface area contributed by atoms with Crippen LogP contribution in [0.5, 0.6) is 0 Å². The summed E-state index contributed by atoms with van der Waals surface area (Å²) >= 11 is 0. The number of hydrogen-bond donors (Lipinski definition) is 0. The van der Waals surface area contributed by atoms with E-state index in [1.165, 1.54) is 103 Å². The molecule has 0 aliphatic carbocycles. The Labute approximate surface area is 400 Å². The van der Waals surface area contributed by atoms with Crippen molar-refractivity contribution in [1.82, 2.24) is 0 Å². The molecular weight excluding hydrogens is 805 g/mol. The smallest absolute Gasteiger partial charge is 0.306 e. The van der Waals surface area contributed by atoms with Crippen molar-refractivity contribution >= 4 is 17.9 Å². The molecule has 6 nitrogen and oxygen atoms in total. The number of ether oxygens (including phenoxy) is 3. The highest BCUT2D eigenvalue weighted by Crippen LogP contribution is 2.15. The SMILES string of the molecule is CC/C=C/C=C/C=C/C=C/CCCCCC(=O)OCC(COC(=O)CCCCCCC/C=C/C=C/C=C/C=C/CCCCC)OC(=O)CCCCCCCCCCCCCCCCCC. The summed E-state index contributed by atoms with van der Waals surface area (Å²) in [5.41, 5.74) is 0. The monoisotopic (exact) mass is 903 g/mol. The lowest BCUT2D eigenvalue weighted by molar-refractivity contribution is -0.167. The summed E-state index contributed by atoms with van der Waals surface area (Å²) in [6.45, 7) is 6.41. The number of unbranched alkanes of at least 4 members (excludes halogenated alkanes) is 26. The van der Waals surface area contributed by atoms with Gasteiger partial charge >= 0.3 is 17.9 Å².